The number of aromatic nitrogens is 3. The highest BCUT2D eigenvalue weighted by Crippen LogP contribution is 2.30. The minimum atomic E-state index is 0.682. The van der Waals surface area contributed by atoms with Crippen LogP contribution < -0.4 is 4.90 Å². The van der Waals surface area contributed by atoms with E-state index in [1.165, 1.54) is 0 Å². The van der Waals surface area contributed by atoms with Gasteiger partial charge >= 0.3 is 0 Å². The van der Waals surface area contributed by atoms with Crippen LogP contribution in [0.5, 0.6) is 0 Å². The first kappa shape index (κ1) is 14.3. The van der Waals surface area contributed by atoms with Gasteiger partial charge in [0.05, 0.1) is 18.1 Å². The van der Waals surface area contributed by atoms with Gasteiger partial charge in [-0.1, -0.05) is 36.4 Å². The minimum absolute atomic E-state index is 0.682. The lowest BCUT2D eigenvalue weighted by molar-refractivity contribution is 0.122. The van der Waals surface area contributed by atoms with Gasteiger partial charge in [0.1, 0.15) is 5.69 Å². The smallest absolute Gasteiger partial charge is 0.193 e. The predicted molar refractivity (Wildman–Crippen MR) is 91.6 cm³/mol. The number of hydrogen-bond donors (Lipinski definition) is 0. The maximum atomic E-state index is 5.47. The lowest BCUT2D eigenvalue weighted by Crippen LogP contribution is -2.37. The molecule has 3 heterocycles. The normalized spacial score (nSPS) is 14.9. The van der Waals surface area contributed by atoms with Crippen LogP contribution in [0, 0.1) is 0 Å². The van der Waals surface area contributed by atoms with E-state index in [1.807, 2.05) is 47.8 Å². The molecule has 1 aliphatic rings. The number of hydrogen-bond acceptors (Lipinski definition) is 6. The van der Waals surface area contributed by atoms with Crippen LogP contribution in [0.3, 0.4) is 0 Å². The van der Waals surface area contributed by atoms with E-state index in [0.717, 1.165) is 35.0 Å². The number of ether oxygens (including phenoxy) is 1. The van der Waals surface area contributed by atoms with Gasteiger partial charge in [-0.25, -0.2) is 4.98 Å². The topological polar surface area (TPSA) is 51.1 Å². The second-order valence-electron chi connectivity index (χ2n) is 5.25. The Morgan fingerprint density at radius 1 is 0.957 bits per heavy atom. The second kappa shape index (κ2) is 6.44. The lowest BCUT2D eigenvalue weighted by atomic mass is 10.1. The molecule has 0 bridgehead atoms. The van der Waals surface area contributed by atoms with Gasteiger partial charge < -0.3 is 9.64 Å². The van der Waals surface area contributed by atoms with Gasteiger partial charge in [0.25, 0.3) is 0 Å². The van der Waals surface area contributed by atoms with Gasteiger partial charge in [-0.15, -0.1) is 21.5 Å². The molecule has 1 aliphatic heterocycles. The third-order valence-corrected chi connectivity index (χ3v) is 4.63. The summed E-state index contributed by atoms with van der Waals surface area (Å²) >= 11 is 1.62. The largest absolute Gasteiger partial charge is 0.378 e. The average Bonchev–Trinajstić information content (AvgIpc) is 3.17. The number of morpholine rings is 1. The van der Waals surface area contributed by atoms with E-state index in [2.05, 4.69) is 15.1 Å². The zero-order valence-electron chi connectivity index (χ0n) is 12.6. The first-order chi connectivity index (χ1) is 11.4. The second-order valence-corrected chi connectivity index (χ2v) is 6.20. The van der Waals surface area contributed by atoms with Crippen molar-refractivity contribution < 1.29 is 4.74 Å². The zero-order chi connectivity index (χ0) is 15.5. The average molecular weight is 324 g/mol. The van der Waals surface area contributed by atoms with Gasteiger partial charge in [-0.2, -0.15) is 0 Å². The molecule has 4 rings (SSSR count). The summed E-state index contributed by atoms with van der Waals surface area (Å²) < 4.78 is 5.47. The lowest BCUT2D eigenvalue weighted by Gasteiger charge is -2.29. The molecular weight excluding hydrogens is 308 g/mol. The molecule has 0 aliphatic carbocycles. The van der Waals surface area contributed by atoms with E-state index in [-0.39, 0.29) is 0 Å². The van der Waals surface area contributed by atoms with Crippen LogP contribution >= 0.6 is 11.3 Å². The quantitative estimate of drug-likeness (QED) is 0.741. The monoisotopic (exact) mass is 324 g/mol. The van der Waals surface area contributed by atoms with Crippen molar-refractivity contribution in [2.24, 2.45) is 0 Å². The van der Waals surface area contributed by atoms with E-state index < -0.39 is 0 Å². The molecule has 0 atom stereocenters. The van der Waals surface area contributed by atoms with Gasteiger partial charge in [0, 0.05) is 18.7 Å². The van der Waals surface area contributed by atoms with E-state index in [1.54, 1.807) is 11.3 Å². The maximum Gasteiger partial charge on any atom is 0.193 e. The Hall–Kier alpha value is -2.31. The van der Waals surface area contributed by atoms with Crippen LogP contribution in [0.4, 0.5) is 5.82 Å². The Kier molecular flexibility index (Phi) is 4.00. The fourth-order valence-corrected chi connectivity index (χ4v) is 3.26. The number of benzene rings is 1. The number of anilines is 1. The molecule has 1 aromatic carbocycles. The number of nitrogens with zero attached hydrogens (tertiary/aromatic N) is 4. The van der Waals surface area contributed by atoms with Gasteiger partial charge in [-0.05, 0) is 11.4 Å². The molecule has 1 saturated heterocycles. The van der Waals surface area contributed by atoms with Crippen LogP contribution in [0.25, 0.3) is 22.0 Å². The molecular formula is C17H16N4OS. The highest BCUT2D eigenvalue weighted by Gasteiger charge is 2.20. The maximum absolute atomic E-state index is 5.47. The van der Waals surface area contributed by atoms with Crippen LogP contribution in [0.1, 0.15) is 0 Å². The third-order valence-electron chi connectivity index (χ3n) is 3.77. The number of rotatable bonds is 3. The molecule has 1 fully saturated rings. The Morgan fingerprint density at radius 3 is 2.52 bits per heavy atom. The molecule has 0 radical (unpaired) electrons. The van der Waals surface area contributed by atoms with Crippen LogP contribution in [0.2, 0.25) is 0 Å². The zero-order valence-corrected chi connectivity index (χ0v) is 13.4. The Morgan fingerprint density at radius 2 is 1.78 bits per heavy atom. The van der Waals surface area contributed by atoms with E-state index in [0.29, 0.717) is 19.0 Å². The summed E-state index contributed by atoms with van der Waals surface area (Å²) in [6.45, 7) is 3.07. The highest BCUT2D eigenvalue weighted by molar-refractivity contribution is 7.13. The van der Waals surface area contributed by atoms with Crippen molar-refractivity contribution in [1.29, 1.82) is 0 Å². The van der Waals surface area contributed by atoms with Crippen molar-refractivity contribution in [3.05, 3.63) is 47.8 Å². The van der Waals surface area contributed by atoms with Crippen molar-refractivity contribution in [2.75, 3.05) is 31.2 Å². The van der Waals surface area contributed by atoms with Gasteiger partial charge in [-0.3, -0.25) is 0 Å². The molecule has 23 heavy (non-hydrogen) atoms. The molecule has 0 unspecified atom stereocenters. The van der Waals surface area contributed by atoms with E-state index in [9.17, 15) is 0 Å². The first-order valence-corrected chi connectivity index (χ1v) is 8.46. The van der Waals surface area contributed by atoms with Crippen LogP contribution in [-0.2, 0) is 4.74 Å². The molecule has 0 amide bonds. The first-order valence-electron chi connectivity index (χ1n) is 7.58. The molecule has 0 spiro atoms. The summed E-state index contributed by atoms with van der Waals surface area (Å²) in [7, 11) is 0. The predicted octanol–water partition coefficient (Wildman–Crippen LogP) is 3.10. The van der Waals surface area contributed by atoms with Gasteiger partial charge in [0.2, 0.25) is 0 Å². The molecule has 116 valence electrons. The van der Waals surface area contributed by atoms with Crippen molar-refractivity contribution in [3.8, 4) is 22.0 Å². The molecule has 0 N–H and O–H groups in total. The molecule has 2 aromatic heterocycles. The van der Waals surface area contributed by atoms with Crippen molar-refractivity contribution in [3.63, 3.8) is 0 Å². The van der Waals surface area contributed by atoms with Crippen LogP contribution in [-0.4, -0.2) is 41.5 Å². The van der Waals surface area contributed by atoms with Gasteiger partial charge in [0.15, 0.2) is 11.6 Å². The Bertz CT molecular complexity index is 771. The summed E-state index contributed by atoms with van der Waals surface area (Å²) in [6, 6.07) is 14.1. The Labute approximate surface area is 138 Å². The molecule has 3 aromatic rings. The minimum Gasteiger partial charge on any atom is -0.378 e. The molecule has 6 heteroatoms. The Balaban J connectivity index is 1.81. The van der Waals surface area contributed by atoms with Crippen LogP contribution in [0.15, 0.2) is 47.8 Å². The van der Waals surface area contributed by atoms with E-state index >= 15 is 0 Å². The van der Waals surface area contributed by atoms with Crippen molar-refractivity contribution >= 4 is 17.2 Å². The SMILES string of the molecule is c1ccc(-c2nnc(-c3cccs3)nc2N2CCOCC2)cc1. The number of thiophene rings is 1. The summed E-state index contributed by atoms with van der Waals surface area (Å²) in [4.78, 5) is 8.09. The highest BCUT2D eigenvalue weighted by atomic mass is 32.1. The summed E-state index contributed by atoms with van der Waals surface area (Å²) in [5, 5.41) is 10.9. The molecule has 5 nitrogen and oxygen atoms in total. The third kappa shape index (κ3) is 2.95. The summed E-state index contributed by atoms with van der Waals surface area (Å²) in [5.74, 6) is 1.57. The standard InChI is InChI=1S/C17H16N4OS/c1-2-5-13(6-3-1)15-17(21-8-10-22-11-9-21)18-16(20-19-15)14-7-4-12-23-14/h1-7,12H,8-11H2. The van der Waals surface area contributed by atoms with Crippen molar-refractivity contribution in [2.45, 2.75) is 0 Å². The van der Waals surface area contributed by atoms with Crippen molar-refractivity contribution in [1.82, 2.24) is 15.2 Å². The summed E-state index contributed by atoms with van der Waals surface area (Å²) in [6.07, 6.45) is 0. The molecule has 0 saturated carbocycles. The fourth-order valence-electron chi connectivity index (χ4n) is 2.61. The fraction of sp³-hybridized carbons (Fsp3) is 0.235. The van der Waals surface area contributed by atoms with E-state index in [4.69, 9.17) is 9.72 Å². The summed E-state index contributed by atoms with van der Waals surface area (Å²) in [5.41, 5.74) is 1.86.